The lowest BCUT2D eigenvalue weighted by atomic mass is 10.0. The minimum absolute atomic E-state index is 0.216. The number of hydrogen-bond donors (Lipinski definition) is 1. The van der Waals surface area contributed by atoms with Gasteiger partial charge in [0.05, 0.1) is 7.11 Å². The first kappa shape index (κ1) is 20.4. The van der Waals surface area contributed by atoms with Crippen LogP contribution in [0.3, 0.4) is 0 Å². The zero-order chi connectivity index (χ0) is 19.3. The maximum atomic E-state index is 13.0. The van der Waals surface area contributed by atoms with Gasteiger partial charge in [-0.1, -0.05) is 29.8 Å². The first-order valence-corrected chi connectivity index (χ1v) is 9.57. The molecule has 0 radical (unpaired) electrons. The Morgan fingerprint density at radius 1 is 1.27 bits per heavy atom. The number of benzene rings is 1. The fourth-order valence-corrected chi connectivity index (χ4v) is 3.41. The summed E-state index contributed by atoms with van der Waals surface area (Å²) in [6.45, 7) is 4.49. The zero-order valence-electron chi connectivity index (χ0n) is 15.3. The molecule has 1 aliphatic heterocycles. The lowest BCUT2D eigenvalue weighted by Gasteiger charge is -2.28. The van der Waals surface area contributed by atoms with Gasteiger partial charge in [0.15, 0.2) is 0 Å². The molecule has 1 aliphatic rings. The third-order valence-corrected chi connectivity index (χ3v) is 4.95. The molecule has 26 heavy (non-hydrogen) atoms. The molecule has 2 rings (SSSR count). The van der Waals surface area contributed by atoms with Crippen molar-refractivity contribution in [2.45, 2.75) is 45.2 Å². The summed E-state index contributed by atoms with van der Waals surface area (Å²) in [5.41, 5.74) is 0.487. The van der Waals surface area contributed by atoms with Crippen LogP contribution < -0.4 is 5.32 Å². The molecule has 0 unspecified atom stereocenters. The van der Waals surface area contributed by atoms with Crippen LogP contribution >= 0.6 is 15.9 Å². The number of amides is 2. The van der Waals surface area contributed by atoms with Gasteiger partial charge in [-0.05, 0) is 49.4 Å². The van der Waals surface area contributed by atoms with E-state index in [2.05, 4.69) is 21.2 Å². The molecular weight excluding hydrogens is 400 g/mol. The summed E-state index contributed by atoms with van der Waals surface area (Å²) in [4.78, 5) is 39.1. The molecule has 1 aromatic carbocycles. The quantitative estimate of drug-likeness (QED) is 0.712. The number of rotatable bonds is 6. The fraction of sp³-hybridized carbons (Fsp3) is 0.526. The highest BCUT2D eigenvalue weighted by atomic mass is 79.9. The Hall–Kier alpha value is -1.89. The molecule has 1 heterocycles. The number of nitrogens with one attached hydrogen (secondary N) is 1. The largest absolute Gasteiger partial charge is 0.467 e. The molecule has 7 heteroatoms. The van der Waals surface area contributed by atoms with Crippen LogP contribution in [0.2, 0.25) is 0 Å². The van der Waals surface area contributed by atoms with E-state index in [9.17, 15) is 14.4 Å². The molecule has 1 saturated heterocycles. The average Bonchev–Trinajstić information content (AvgIpc) is 3.09. The first-order valence-electron chi connectivity index (χ1n) is 8.78. The molecule has 1 aromatic rings. The SMILES string of the molecule is COC(=O)[C@@H]1CCCN1C(=O)[C@H](CC(C)C)NC(=O)c1ccc(Br)cc1. The molecule has 1 N–H and O–H groups in total. The maximum Gasteiger partial charge on any atom is 0.328 e. The summed E-state index contributed by atoms with van der Waals surface area (Å²) in [6, 6.07) is 5.72. The molecular formula is C19H25BrN2O4. The molecule has 2 atom stereocenters. The molecule has 0 saturated carbocycles. The second-order valence-corrected chi connectivity index (χ2v) is 7.79. The second kappa shape index (κ2) is 9.16. The van der Waals surface area contributed by atoms with E-state index in [0.29, 0.717) is 24.9 Å². The molecule has 0 aliphatic carbocycles. The van der Waals surface area contributed by atoms with Crippen LogP contribution in [-0.2, 0) is 14.3 Å². The molecule has 2 amide bonds. The normalized spacial score (nSPS) is 17.9. The van der Waals surface area contributed by atoms with Gasteiger partial charge in [-0.25, -0.2) is 4.79 Å². The van der Waals surface area contributed by atoms with E-state index in [1.807, 2.05) is 13.8 Å². The highest BCUT2D eigenvalue weighted by molar-refractivity contribution is 9.10. The van der Waals surface area contributed by atoms with Crippen molar-refractivity contribution < 1.29 is 19.1 Å². The van der Waals surface area contributed by atoms with Crippen molar-refractivity contribution in [3.63, 3.8) is 0 Å². The van der Waals surface area contributed by atoms with Crippen LogP contribution in [0.15, 0.2) is 28.7 Å². The number of nitrogens with zero attached hydrogens (tertiary/aromatic N) is 1. The van der Waals surface area contributed by atoms with Crippen LogP contribution in [0, 0.1) is 5.92 Å². The second-order valence-electron chi connectivity index (χ2n) is 6.88. The standard InChI is InChI=1S/C19H25BrN2O4/c1-12(2)11-15(21-17(23)13-6-8-14(20)9-7-13)18(24)22-10-4-5-16(22)19(25)26-3/h6-9,12,15-16H,4-5,10-11H2,1-3H3,(H,21,23)/t15-,16-/m0/s1. The zero-order valence-corrected chi connectivity index (χ0v) is 16.9. The van der Waals surface area contributed by atoms with Crippen molar-refractivity contribution in [3.8, 4) is 0 Å². The van der Waals surface area contributed by atoms with E-state index < -0.39 is 18.1 Å². The Kier molecular flexibility index (Phi) is 7.20. The number of hydrogen-bond acceptors (Lipinski definition) is 4. The van der Waals surface area contributed by atoms with E-state index in [1.165, 1.54) is 7.11 Å². The minimum Gasteiger partial charge on any atom is -0.467 e. The number of ether oxygens (including phenoxy) is 1. The summed E-state index contributed by atoms with van der Waals surface area (Å²) in [6.07, 6.45) is 1.85. The van der Waals surface area contributed by atoms with Crippen LogP contribution in [0.1, 0.15) is 43.5 Å². The number of methoxy groups -OCH3 is 1. The fourth-order valence-electron chi connectivity index (χ4n) is 3.15. The van der Waals surface area contributed by atoms with E-state index in [1.54, 1.807) is 29.2 Å². The molecule has 142 valence electrons. The topological polar surface area (TPSA) is 75.7 Å². The van der Waals surface area contributed by atoms with Crippen molar-refractivity contribution in [2.75, 3.05) is 13.7 Å². The van der Waals surface area contributed by atoms with Gasteiger partial charge < -0.3 is 15.0 Å². The Bertz CT molecular complexity index is 660. The Morgan fingerprint density at radius 2 is 1.92 bits per heavy atom. The Balaban J connectivity index is 2.15. The van der Waals surface area contributed by atoms with E-state index in [0.717, 1.165) is 10.9 Å². The Labute approximate surface area is 162 Å². The monoisotopic (exact) mass is 424 g/mol. The van der Waals surface area contributed by atoms with Gasteiger partial charge in [0.1, 0.15) is 12.1 Å². The van der Waals surface area contributed by atoms with Crippen molar-refractivity contribution in [1.82, 2.24) is 10.2 Å². The molecule has 0 bridgehead atoms. The van der Waals surface area contributed by atoms with Crippen LogP contribution in [0.25, 0.3) is 0 Å². The summed E-state index contributed by atoms with van der Waals surface area (Å²) in [5.74, 6) is -0.714. The summed E-state index contributed by atoms with van der Waals surface area (Å²) in [5, 5.41) is 2.84. The van der Waals surface area contributed by atoms with Gasteiger partial charge in [0, 0.05) is 16.6 Å². The van der Waals surface area contributed by atoms with Crippen molar-refractivity contribution in [3.05, 3.63) is 34.3 Å². The van der Waals surface area contributed by atoms with Gasteiger partial charge in [-0.3, -0.25) is 9.59 Å². The van der Waals surface area contributed by atoms with Gasteiger partial charge in [-0.15, -0.1) is 0 Å². The number of esters is 1. The molecule has 1 fully saturated rings. The van der Waals surface area contributed by atoms with Crippen LogP contribution in [-0.4, -0.2) is 48.4 Å². The third kappa shape index (κ3) is 5.06. The Morgan fingerprint density at radius 3 is 2.50 bits per heavy atom. The average molecular weight is 425 g/mol. The first-order chi connectivity index (χ1) is 12.3. The van der Waals surface area contributed by atoms with Crippen molar-refractivity contribution >= 4 is 33.7 Å². The van der Waals surface area contributed by atoms with E-state index in [4.69, 9.17) is 4.74 Å². The summed E-state index contributed by atoms with van der Waals surface area (Å²) >= 11 is 3.34. The van der Waals surface area contributed by atoms with Gasteiger partial charge in [0.25, 0.3) is 5.91 Å². The molecule has 0 aromatic heterocycles. The number of likely N-dealkylation sites (tertiary alicyclic amines) is 1. The highest BCUT2D eigenvalue weighted by Gasteiger charge is 2.38. The van der Waals surface area contributed by atoms with E-state index >= 15 is 0 Å². The van der Waals surface area contributed by atoms with Crippen LogP contribution in [0.4, 0.5) is 0 Å². The molecule has 0 spiro atoms. The predicted octanol–water partition coefficient (Wildman–Crippen LogP) is 2.76. The number of carbonyl (C=O) groups excluding carboxylic acids is 3. The number of carbonyl (C=O) groups is 3. The van der Waals surface area contributed by atoms with Crippen LogP contribution in [0.5, 0.6) is 0 Å². The van der Waals surface area contributed by atoms with Gasteiger partial charge in [-0.2, -0.15) is 0 Å². The van der Waals surface area contributed by atoms with Gasteiger partial charge >= 0.3 is 5.97 Å². The summed E-state index contributed by atoms with van der Waals surface area (Å²) < 4.78 is 5.69. The molecule has 6 nitrogen and oxygen atoms in total. The predicted molar refractivity (Wildman–Crippen MR) is 102 cm³/mol. The maximum absolute atomic E-state index is 13.0. The lowest BCUT2D eigenvalue weighted by Crippen LogP contribution is -2.52. The summed E-state index contributed by atoms with van der Waals surface area (Å²) in [7, 11) is 1.32. The highest BCUT2D eigenvalue weighted by Crippen LogP contribution is 2.21. The lowest BCUT2D eigenvalue weighted by molar-refractivity contribution is -0.151. The van der Waals surface area contributed by atoms with Crippen molar-refractivity contribution in [1.29, 1.82) is 0 Å². The number of halogens is 1. The van der Waals surface area contributed by atoms with Crippen molar-refractivity contribution in [2.24, 2.45) is 5.92 Å². The smallest absolute Gasteiger partial charge is 0.328 e. The van der Waals surface area contributed by atoms with Gasteiger partial charge in [0.2, 0.25) is 5.91 Å². The minimum atomic E-state index is -0.670. The third-order valence-electron chi connectivity index (χ3n) is 4.43. The van der Waals surface area contributed by atoms with E-state index in [-0.39, 0.29) is 17.7 Å².